The molecule has 0 aromatic heterocycles. The smallest absolute Gasteiger partial charge is 0.118 e. The lowest BCUT2D eigenvalue weighted by atomic mass is 9.97. The highest BCUT2D eigenvalue weighted by atomic mass is 35.5. The van der Waals surface area contributed by atoms with Crippen molar-refractivity contribution in [3.63, 3.8) is 0 Å². The average Bonchev–Trinajstić information content (AvgIpc) is 3.08. The molecule has 2 heteroatoms. The molecular formula is C21H18ClO-. The molecule has 1 aliphatic carbocycles. The van der Waals surface area contributed by atoms with Crippen molar-refractivity contribution in [1.82, 2.24) is 0 Å². The van der Waals surface area contributed by atoms with Crippen molar-refractivity contribution in [3.05, 3.63) is 107 Å². The Morgan fingerprint density at radius 2 is 1.78 bits per heavy atom. The summed E-state index contributed by atoms with van der Waals surface area (Å²) in [7, 11) is 0. The molecule has 0 saturated carbocycles. The third-order valence-electron chi connectivity index (χ3n) is 3.70. The number of ether oxygens (including phenoxy) is 1. The zero-order valence-electron chi connectivity index (χ0n) is 13.0. The maximum absolute atomic E-state index is 6.07. The molecule has 0 aliphatic heterocycles. The van der Waals surface area contributed by atoms with E-state index in [9.17, 15) is 0 Å². The fourth-order valence-electron chi connectivity index (χ4n) is 2.41. The quantitative estimate of drug-likeness (QED) is 0.642. The maximum Gasteiger partial charge on any atom is 0.118 e. The molecule has 2 aromatic carbocycles. The number of rotatable bonds is 5. The van der Waals surface area contributed by atoms with Crippen molar-refractivity contribution in [3.8, 4) is 5.75 Å². The van der Waals surface area contributed by atoms with Crippen LogP contribution in [0.15, 0.2) is 84.5 Å². The summed E-state index contributed by atoms with van der Waals surface area (Å²) < 4.78 is 5.98. The van der Waals surface area contributed by atoms with Crippen LogP contribution in [0.1, 0.15) is 11.1 Å². The lowest BCUT2D eigenvalue weighted by Crippen LogP contribution is -2.10. The number of allylic oxidation sites excluding steroid dienone is 5. The van der Waals surface area contributed by atoms with E-state index in [1.54, 1.807) is 0 Å². The molecule has 2 aromatic rings. The Bertz CT molecular complexity index is 743. The van der Waals surface area contributed by atoms with E-state index in [-0.39, 0.29) is 0 Å². The fourth-order valence-corrected chi connectivity index (χ4v) is 2.53. The Kier molecular flexibility index (Phi) is 4.89. The monoisotopic (exact) mass is 321 g/mol. The predicted octanol–water partition coefficient (Wildman–Crippen LogP) is 5.70. The van der Waals surface area contributed by atoms with Gasteiger partial charge in [0.1, 0.15) is 5.75 Å². The number of benzene rings is 2. The van der Waals surface area contributed by atoms with Gasteiger partial charge in [0, 0.05) is 5.02 Å². The third-order valence-corrected chi connectivity index (χ3v) is 4.12. The van der Waals surface area contributed by atoms with Crippen molar-refractivity contribution in [2.24, 2.45) is 0 Å². The lowest BCUT2D eigenvalue weighted by molar-refractivity contribution is 0.341. The molecule has 1 aliphatic rings. The summed E-state index contributed by atoms with van der Waals surface area (Å²) in [5.74, 6) is 1.97. The van der Waals surface area contributed by atoms with Gasteiger partial charge in [0.25, 0.3) is 0 Å². The van der Waals surface area contributed by atoms with Crippen LogP contribution in [0.4, 0.5) is 0 Å². The van der Waals surface area contributed by atoms with E-state index in [0.29, 0.717) is 6.61 Å². The van der Waals surface area contributed by atoms with E-state index in [4.69, 9.17) is 16.3 Å². The minimum absolute atomic E-state index is 0.510. The Morgan fingerprint density at radius 1 is 1.04 bits per heavy atom. The van der Waals surface area contributed by atoms with Gasteiger partial charge < -0.3 is 4.74 Å². The highest BCUT2D eigenvalue weighted by Crippen LogP contribution is 2.25. The number of halogens is 1. The second kappa shape index (κ2) is 7.26. The third kappa shape index (κ3) is 4.08. The van der Waals surface area contributed by atoms with Crippen molar-refractivity contribution in [1.29, 1.82) is 0 Å². The fraction of sp³-hybridized carbons (Fsp3) is 0.0952. The van der Waals surface area contributed by atoms with Crippen LogP contribution in [0.2, 0.25) is 5.02 Å². The van der Waals surface area contributed by atoms with E-state index >= 15 is 0 Å². The Morgan fingerprint density at radius 3 is 2.48 bits per heavy atom. The molecule has 0 fully saturated rings. The molecule has 0 heterocycles. The first-order valence-corrected chi connectivity index (χ1v) is 7.97. The van der Waals surface area contributed by atoms with Gasteiger partial charge in [0.2, 0.25) is 0 Å². The molecule has 0 N–H and O–H groups in total. The van der Waals surface area contributed by atoms with E-state index in [2.05, 4.69) is 30.4 Å². The van der Waals surface area contributed by atoms with Gasteiger partial charge in [-0.2, -0.15) is 0 Å². The van der Waals surface area contributed by atoms with Crippen molar-refractivity contribution in [2.75, 3.05) is 6.61 Å². The molecule has 23 heavy (non-hydrogen) atoms. The molecule has 0 atom stereocenters. The van der Waals surface area contributed by atoms with E-state index in [1.165, 1.54) is 11.1 Å². The molecule has 3 rings (SSSR count). The summed E-state index contributed by atoms with van der Waals surface area (Å²) in [6.45, 7) is 2.49. The summed E-state index contributed by atoms with van der Waals surface area (Å²) >= 11 is 6.07. The van der Waals surface area contributed by atoms with Crippen LogP contribution in [0, 0.1) is 12.8 Å². The first-order valence-electron chi connectivity index (χ1n) is 7.59. The van der Waals surface area contributed by atoms with Crippen LogP contribution in [0.3, 0.4) is 0 Å². The zero-order chi connectivity index (χ0) is 16.1. The summed E-state index contributed by atoms with van der Waals surface area (Å²) in [6, 6.07) is 16.0. The highest BCUT2D eigenvalue weighted by molar-refractivity contribution is 6.31. The summed E-state index contributed by atoms with van der Waals surface area (Å²) in [4.78, 5) is 0. The van der Waals surface area contributed by atoms with Crippen LogP contribution in [-0.2, 0) is 0 Å². The first kappa shape index (κ1) is 15.5. The van der Waals surface area contributed by atoms with Crippen molar-refractivity contribution in [2.45, 2.75) is 6.92 Å². The number of hydrogen-bond donors (Lipinski definition) is 0. The van der Waals surface area contributed by atoms with E-state index in [0.717, 1.165) is 22.3 Å². The van der Waals surface area contributed by atoms with Gasteiger partial charge in [-0.3, -0.25) is 0 Å². The molecule has 1 nitrogen and oxygen atoms in total. The van der Waals surface area contributed by atoms with Crippen LogP contribution < -0.4 is 4.74 Å². The van der Waals surface area contributed by atoms with Gasteiger partial charge in [-0.1, -0.05) is 53.5 Å². The van der Waals surface area contributed by atoms with Gasteiger partial charge in [-0.05, 0) is 30.7 Å². The molecule has 0 saturated heterocycles. The Hall–Kier alpha value is -2.38. The van der Waals surface area contributed by atoms with Gasteiger partial charge in [-0.15, -0.1) is 35.9 Å². The van der Waals surface area contributed by atoms with Gasteiger partial charge >= 0.3 is 0 Å². The first-order chi connectivity index (χ1) is 11.2. The summed E-state index contributed by atoms with van der Waals surface area (Å²) in [5.41, 5.74) is 3.37. The second-order valence-corrected chi connectivity index (χ2v) is 5.86. The summed E-state index contributed by atoms with van der Waals surface area (Å²) in [6.07, 6.45) is 10.4. The van der Waals surface area contributed by atoms with Crippen LogP contribution in [0.5, 0.6) is 5.75 Å². The number of aryl methyl sites for hydroxylation is 1. The van der Waals surface area contributed by atoms with Crippen molar-refractivity contribution < 1.29 is 4.74 Å². The molecule has 0 bridgehead atoms. The Labute approximate surface area is 142 Å². The average molecular weight is 322 g/mol. The van der Waals surface area contributed by atoms with Gasteiger partial charge in [0.15, 0.2) is 0 Å². The molecule has 116 valence electrons. The topological polar surface area (TPSA) is 9.23 Å². The van der Waals surface area contributed by atoms with Crippen LogP contribution >= 0.6 is 11.6 Å². The SMILES string of the molecule is Cc1cc(OC[C-](C=C2C=CC=C2)c2ccccc2)ccc1Cl. The second-order valence-electron chi connectivity index (χ2n) is 5.45. The van der Waals surface area contributed by atoms with Gasteiger partial charge in [0.05, 0.1) is 6.61 Å². The van der Waals surface area contributed by atoms with E-state index in [1.807, 2.05) is 55.5 Å². The maximum atomic E-state index is 6.07. The highest BCUT2D eigenvalue weighted by Gasteiger charge is 2.05. The lowest BCUT2D eigenvalue weighted by Gasteiger charge is -2.22. The van der Waals surface area contributed by atoms with Crippen molar-refractivity contribution >= 4 is 11.6 Å². The van der Waals surface area contributed by atoms with Crippen LogP contribution in [-0.4, -0.2) is 6.61 Å². The van der Waals surface area contributed by atoms with Crippen LogP contribution in [0.25, 0.3) is 0 Å². The molecule has 0 spiro atoms. The zero-order valence-corrected chi connectivity index (χ0v) is 13.8. The number of hydrogen-bond acceptors (Lipinski definition) is 1. The van der Waals surface area contributed by atoms with E-state index < -0.39 is 0 Å². The van der Waals surface area contributed by atoms with Gasteiger partial charge in [-0.25, -0.2) is 0 Å². The Balaban J connectivity index is 1.78. The molecule has 0 unspecified atom stereocenters. The predicted molar refractivity (Wildman–Crippen MR) is 96.8 cm³/mol. The largest absolute Gasteiger partial charge is 0.498 e. The molecule has 0 amide bonds. The molecule has 0 radical (unpaired) electrons. The normalized spacial score (nSPS) is 12.5. The minimum Gasteiger partial charge on any atom is -0.498 e. The molecular weight excluding hydrogens is 304 g/mol. The standard InChI is InChI=1S/C21H18ClO/c1-16-13-20(11-12-21(16)22)23-15-19(14-17-7-5-6-8-17)18-9-3-2-4-10-18/h2-14H,15H2,1H3/q-1. The summed E-state index contributed by atoms with van der Waals surface area (Å²) in [5, 5.41) is 0.757. The minimum atomic E-state index is 0.510.